The molecule has 1 atom stereocenters. The van der Waals surface area contributed by atoms with E-state index in [-0.39, 0.29) is 23.1 Å². The van der Waals surface area contributed by atoms with Gasteiger partial charge in [0.1, 0.15) is 11.1 Å². The molecule has 7 nitrogen and oxygen atoms in total. The summed E-state index contributed by atoms with van der Waals surface area (Å²) in [6, 6.07) is -0.185. The van der Waals surface area contributed by atoms with Crippen molar-refractivity contribution in [3.05, 3.63) is 33.7 Å². The molecule has 0 saturated carbocycles. The average molecular weight is 406 g/mol. The lowest BCUT2D eigenvalue weighted by Gasteiger charge is -2.22. The van der Waals surface area contributed by atoms with Gasteiger partial charge >= 0.3 is 0 Å². The van der Waals surface area contributed by atoms with Gasteiger partial charge in [0.25, 0.3) is 11.8 Å². The van der Waals surface area contributed by atoms with E-state index in [0.29, 0.717) is 38.6 Å². The largest absolute Gasteiger partial charge is 0.383 e. The Kier molecular flexibility index (Phi) is 8.89. The van der Waals surface area contributed by atoms with Crippen LogP contribution >= 0.6 is 0 Å². The van der Waals surface area contributed by atoms with Gasteiger partial charge in [-0.1, -0.05) is 33.6 Å². The van der Waals surface area contributed by atoms with E-state index in [1.54, 1.807) is 29.0 Å². The highest BCUT2D eigenvalue weighted by molar-refractivity contribution is 5.99. The molecule has 0 aliphatic carbocycles. The lowest BCUT2D eigenvalue weighted by atomic mass is 10.1. The Morgan fingerprint density at radius 3 is 2.28 bits per heavy atom. The molecular formula is C22H35N3O4. The fourth-order valence-electron chi connectivity index (χ4n) is 3.64. The molecule has 162 valence electrons. The van der Waals surface area contributed by atoms with Crippen LogP contribution in [0.25, 0.3) is 0 Å². The number of methoxy groups -OCH3 is 1. The number of pyridine rings is 1. The Labute approximate surface area is 173 Å². The van der Waals surface area contributed by atoms with E-state index in [4.69, 9.17) is 4.74 Å². The lowest BCUT2D eigenvalue weighted by Crippen LogP contribution is -2.42. The van der Waals surface area contributed by atoms with Crippen LogP contribution in [-0.2, 0) is 11.3 Å². The first kappa shape index (κ1) is 23.1. The van der Waals surface area contributed by atoms with Crippen molar-refractivity contribution in [1.82, 2.24) is 14.8 Å². The van der Waals surface area contributed by atoms with Crippen molar-refractivity contribution < 1.29 is 14.3 Å². The number of carbonyl (C=O) groups excluding carboxylic acids is 2. The van der Waals surface area contributed by atoms with Gasteiger partial charge in [-0.2, -0.15) is 0 Å². The molecule has 1 aromatic heterocycles. The van der Waals surface area contributed by atoms with E-state index < -0.39 is 11.3 Å². The zero-order valence-corrected chi connectivity index (χ0v) is 18.2. The minimum Gasteiger partial charge on any atom is -0.383 e. The van der Waals surface area contributed by atoms with Crippen LogP contribution in [0, 0.1) is 5.92 Å². The number of nitrogens with zero attached hydrogens (tertiary/aromatic N) is 2. The van der Waals surface area contributed by atoms with E-state index >= 15 is 0 Å². The minimum absolute atomic E-state index is 0.0147. The molecule has 1 fully saturated rings. The molecule has 2 rings (SSSR count). The van der Waals surface area contributed by atoms with Gasteiger partial charge in [0, 0.05) is 39.1 Å². The van der Waals surface area contributed by atoms with Crippen LogP contribution in [0.4, 0.5) is 0 Å². The topological polar surface area (TPSA) is 80.6 Å². The molecule has 29 heavy (non-hydrogen) atoms. The Hall–Kier alpha value is -2.15. The summed E-state index contributed by atoms with van der Waals surface area (Å²) < 4.78 is 6.93. The summed E-state index contributed by atoms with van der Waals surface area (Å²) in [5.41, 5.74) is -0.398. The first-order chi connectivity index (χ1) is 13.9. The van der Waals surface area contributed by atoms with Crippen molar-refractivity contribution in [3.8, 4) is 0 Å². The number of rotatable bonds is 8. The SMILES string of the molecule is CC[C@@H](COC)NC(=O)c1cn(CC(C)C)cc(C(=O)N2CCCCCC2)c1=O. The molecule has 0 unspecified atom stereocenters. The molecule has 1 aliphatic rings. The summed E-state index contributed by atoms with van der Waals surface area (Å²) in [4.78, 5) is 40.8. The van der Waals surface area contributed by atoms with Gasteiger partial charge < -0.3 is 19.5 Å². The number of nitrogens with one attached hydrogen (secondary N) is 1. The molecular weight excluding hydrogens is 370 g/mol. The minimum atomic E-state index is -0.496. The van der Waals surface area contributed by atoms with Crippen LogP contribution in [0.15, 0.2) is 17.2 Å². The first-order valence-corrected chi connectivity index (χ1v) is 10.7. The van der Waals surface area contributed by atoms with Crippen molar-refractivity contribution in [3.63, 3.8) is 0 Å². The van der Waals surface area contributed by atoms with Crippen molar-refractivity contribution in [2.45, 2.75) is 65.5 Å². The molecule has 1 N–H and O–H groups in total. The smallest absolute Gasteiger partial charge is 0.259 e. The van der Waals surface area contributed by atoms with Crippen LogP contribution in [0.3, 0.4) is 0 Å². The predicted octanol–water partition coefficient (Wildman–Crippen LogP) is 2.68. The van der Waals surface area contributed by atoms with Crippen molar-refractivity contribution in [1.29, 1.82) is 0 Å². The zero-order chi connectivity index (χ0) is 21.4. The summed E-state index contributed by atoms with van der Waals surface area (Å²) in [6.45, 7) is 8.36. The van der Waals surface area contributed by atoms with Gasteiger partial charge in [-0.15, -0.1) is 0 Å². The van der Waals surface area contributed by atoms with E-state index in [0.717, 1.165) is 25.7 Å². The van der Waals surface area contributed by atoms with Gasteiger partial charge in [0.2, 0.25) is 5.43 Å². The normalized spacial score (nSPS) is 15.8. The second-order valence-corrected chi connectivity index (χ2v) is 8.25. The second-order valence-electron chi connectivity index (χ2n) is 8.25. The van der Waals surface area contributed by atoms with Crippen LogP contribution in [-0.4, -0.2) is 54.1 Å². The Morgan fingerprint density at radius 2 is 1.72 bits per heavy atom. The summed E-state index contributed by atoms with van der Waals surface area (Å²) in [7, 11) is 1.57. The maximum atomic E-state index is 13.1. The van der Waals surface area contributed by atoms with E-state index in [1.807, 2.05) is 6.92 Å². The number of hydrogen-bond donors (Lipinski definition) is 1. The van der Waals surface area contributed by atoms with Gasteiger partial charge in [0.15, 0.2) is 0 Å². The summed E-state index contributed by atoms with van der Waals surface area (Å²) in [5, 5.41) is 2.86. The van der Waals surface area contributed by atoms with Crippen LogP contribution in [0.5, 0.6) is 0 Å². The quantitative estimate of drug-likeness (QED) is 0.721. The molecule has 1 saturated heterocycles. The monoisotopic (exact) mass is 405 g/mol. The highest BCUT2D eigenvalue weighted by atomic mass is 16.5. The maximum Gasteiger partial charge on any atom is 0.259 e. The van der Waals surface area contributed by atoms with Gasteiger partial charge in [-0.05, 0) is 25.2 Å². The molecule has 2 amide bonds. The average Bonchev–Trinajstić information content (AvgIpc) is 2.97. The molecule has 2 heterocycles. The first-order valence-electron chi connectivity index (χ1n) is 10.7. The van der Waals surface area contributed by atoms with E-state index in [1.165, 1.54) is 0 Å². The number of amides is 2. The van der Waals surface area contributed by atoms with E-state index in [9.17, 15) is 14.4 Å². The van der Waals surface area contributed by atoms with Crippen molar-refractivity contribution >= 4 is 11.8 Å². The molecule has 0 spiro atoms. The standard InChI is InChI=1S/C22H35N3O4/c1-5-17(15-29-4)23-21(27)18-13-24(12-16(2)3)14-19(20(18)26)22(28)25-10-8-6-7-9-11-25/h13-14,16-17H,5-12,15H2,1-4H3,(H,23,27)/t17-/m0/s1. The lowest BCUT2D eigenvalue weighted by molar-refractivity contribution is 0.0759. The zero-order valence-electron chi connectivity index (χ0n) is 18.2. The number of hydrogen-bond acceptors (Lipinski definition) is 4. The molecule has 1 aliphatic heterocycles. The van der Waals surface area contributed by atoms with Crippen LogP contribution in [0.2, 0.25) is 0 Å². The number of ether oxygens (including phenoxy) is 1. The molecule has 0 radical (unpaired) electrons. The molecule has 0 bridgehead atoms. The Bertz CT molecular complexity index is 749. The van der Waals surface area contributed by atoms with Gasteiger partial charge in [-0.25, -0.2) is 0 Å². The highest BCUT2D eigenvalue weighted by Gasteiger charge is 2.25. The van der Waals surface area contributed by atoms with Crippen molar-refractivity contribution in [2.24, 2.45) is 5.92 Å². The third kappa shape index (κ3) is 6.42. The van der Waals surface area contributed by atoms with E-state index in [2.05, 4.69) is 19.2 Å². The number of carbonyl (C=O) groups is 2. The predicted molar refractivity (Wildman–Crippen MR) is 113 cm³/mol. The van der Waals surface area contributed by atoms with Crippen LogP contribution in [0.1, 0.15) is 73.6 Å². The molecule has 0 aromatic carbocycles. The maximum absolute atomic E-state index is 13.1. The third-order valence-electron chi connectivity index (χ3n) is 5.22. The number of likely N-dealkylation sites (tertiary alicyclic amines) is 1. The van der Waals surface area contributed by atoms with Crippen LogP contribution < -0.4 is 10.7 Å². The fraction of sp³-hybridized carbons (Fsp3) is 0.682. The highest BCUT2D eigenvalue weighted by Crippen LogP contribution is 2.13. The summed E-state index contributed by atoms with van der Waals surface area (Å²) in [6.07, 6.45) is 7.95. The Balaban J connectivity index is 2.39. The summed E-state index contributed by atoms with van der Waals surface area (Å²) >= 11 is 0. The van der Waals surface area contributed by atoms with Gasteiger partial charge in [-0.3, -0.25) is 14.4 Å². The molecule has 1 aromatic rings. The fourth-order valence-corrected chi connectivity index (χ4v) is 3.64. The van der Waals surface area contributed by atoms with Gasteiger partial charge in [0.05, 0.1) is 12.6 Å². The third-order valence-corrected chi connectivity index (χ3v) is 5.22. The van der Waals surface area contributed by atoms with Crippen molar-refractivity contribution in [2.75, 3.05) is 26.8 Å². The number of aromatic nitrogens is 1. The second kappa shape index (κ2) is 11.1. The molecule has 7 heteroatoms. The Morgan fingerprint density at radius 1 is 1.10 bits per heavy atom. The summed E-state index contributed by atoms with van der Waals surface area (Å²) in [5.74, 6) is -0.415.